The zero-order valence-corrected chi connectivity index (χ0v) is 8.58. The third-order valence-corrected chi connectivity index (χ3v) is 2.16. The molecule has 80 valence electrons. The Morgan fingerprint density at radius 3 is 2.57 bits per heavy atom. The van der Waals surface area contributed by atoms with E-state index in [4.69, 9.17) is 11.5 Å². The number of hydrazine groups is 1. The van der Waals surface area contributed by atoms with Crippen molar-refractivity contribution in [1.82, 2.24) is 10.4 Å². The fraction of sp³-hybridized carbons (Fsp3) is 0.600. The molecule has 0 atom stereocenters. The van der Waals surface area contributed by atoms with E-state index in [9.17, 15) is 0 Å². The van der Waals surface area contributed by atoms with Crippen LogP contribution in [-0.4, -0.2) is 24.6 Å². The lowest BCUT2D eigenvalue weighted by atomic mass is 10.1. The molecule has 0 saturated heterocycles. The van der Waals surface area contributed by atoms with E-state index in [1.807, 2.05) is 11.2 Å². The van der Waals surface area contributed by atoms with Crippen LogP contribution in [0.15, 0.2) is 24.0 Å². The quantitative estimate of drug-likeness (QED) is 0.571. The summed E-state index contributed by atoms with van der Waals surface area (Å²) in [5.74, 6) is 0. The predicted octanol–water partition coefficient (Wildman–Crippen LogP) is 0.292. The van der Waals surface area contributed by atoms with Gasteiger partial charge in [0.05, 0.1) is 0 Å². The lowest BCUT2D eigenvalue weighted by molar-refractivity contribution is 0.307. The largest absolute Gasteiger partial charge is 0.330 e. The van der Waals surface area contributed by atoms with Crippen LogP contribution in [0.5, 0.6) is 0 Å². The molecule has 1 rings (SSSR count). The summed E-state index contributed by atoms with van der Waals surface area (Å²) in [6, 6.07) is 0. The fourth-order valence-corrected chi connectivity index (χ4v) is 1.31. The Morgan fingerprint density at radius 2 is 2.00 bits per heavy atom. The summed E-state index contributed by atoms with van der Waals surface area (Å²) in [6.45, 7) is 2.44. The van der Waals surface area contributed by atoms with Gasteiger partial charge in [0.25, 0.3) is 0 Å². The minimum atomic E-state index is 0.732. The lowest BCUT2D eigenvalue weighted by Gasteiger charge is -2.23. The molecular formula is C10H20N4. The van der Waals surface area contributed by atoms with Gasteiger partial charge in [-0.3, -0.25) is 5.01 Å². The van der Waals surface area contributed by atoms with Crippen molar-refractivity contribution in [3.05, 3.63) is 24.0 Å². The highest BCUT2D eigenvalue weighted by Gasteiger charge is 2.02. The monoisotopic (exact) mass is 196 g/mol. The second-order valence-corrected chi connectivity index (χ2v) is 3.39. The van der Waals surface area contributed by atoms with Crippen molar-refractivity contribution in [2.45, 2.75) is 19.3 Å². The number of hydrogen-bond donors (Lipinski definition) is 3. The molecule has 0 aromatic rings. The van der Waals surface area contributed by atoms with Gasteiger partial charge in [-0.15, -0.1) is 0 Å². The van der Waals surface area contributed by atoms with Gasteiger partial charge in [-0.25, -0.2) is 0 Å². The number of nitrogens with one attached hydrogen (secondary N) is 1. The van der Waals surface area contributed by atoms with E-state index in [0.29, 0.717) is 0 Å². The number of nitrogens with two attached hydrogens (primary N) is 2. The van der Waals surface area contributed by atoms with Crippen molar-refractivity contribution in [2.75, 3.05) is 19.6 Å². The zero-order valence-electron chi connectivity index (χ0n) is 8.58. The van der Waals surface area contributed by atoms with Crippen molar-refractivity contribution in [3.63, 3.8) is 0 Å². The first kappa shape index (κ1) is 11.1. The van der Waals surface area contributed by atoms with E-state index >= 15 is 0 Å². The normalized spacial score (nSPS) is 15.3. The fourth-order valence-electron chi connectivity index (χ4n) is 1.31. The summed E-state index contributed by atoms with van der Waals surface area (Å²) < 4.78 is 0. The molecular weight excluding hydrogens is 176 g/mol. The first-order chi connectivity index (χ1) is 6.86. The maximum Gasteiger partial charge on any atom is 0.0398 e. The smallest absolute Gasteiger partial charge is 0.0398 e. The highest BCUT2D eigenvalue weighted by molar-refractivity contribution is 5.20. The van der Waals surface area contributed by atoms with Crippen LogP contribution in [0.2, 0.25) is 0 Å². The molecule has 1 aliphatic heterocycles. The molecule has 14 heavy (non-hydrogen) atoms. The molecule has 0 unspecified atom stereocenters. The predicted molar refractivity (Wildman–Crippen MR) is 59.0 cm³/mol. The van der Waals surface area contributed by atoms with Gasteiger partial charge in [0.15, 0.2) is 0 Å². The van der Waals surface area contributed by atoms with E-state index in [0.717, 1.165) is 38.9 Å². The summed E-state index contributed by atoms with van der Waals surface area (Å²) in [5.41, 5.74) is 15.4. The molecule has 1 heterocycles. The first-order valence-electron chi connectivity index (χ1n) is 5.17. The van der Waals surface area contributed by atoms with Crippen LogP contribution in [0.4, 0.5) is 0 Å². The molecule has 0 spiro atoms. The van der Waals surface area contributed by atoms with Gasteiger partial charge in [-0.1, -0.05) is 0 Å². The van der Waals surface area contributed by atoms with Crippen molar-refractivity contribution >= 4 is 0 Å². The Bertz CT molecular complexity index is 210. The number of nitrogens with zero attached hydrogens (tertiary/aromatic N) is 1. The Morgan fingerprint density at radius 1 is 1.21 bits per heavy atom. The molecule has 0 bridgehead atoms. The number of allylic oxidation sites excluding steroid dienone is 2. The van der Waals surface area contributed by atoms with Crippen LogP contribution in [-0.2, 0) is 0 Å². The molecule has 0 saturated carbocycles. The van der Waals surface area contributed by atoms with Crippen LogP contribution < -0.4 is 16.9 Å². The van der Waals surface area contributed by atoms with Crippen LogP contribution in [0.1, 0.15) is 19.3 Å². The third-order valence-electron chi connectivity index (χ3n) is 2.16. The summed E-state index contributed by atoms with van der Waals surface area (Å²) in [7, 11) is 0. The molecule has 0 aliphatic carbocycles. The Kier molecular flexibility index (Phi) is 5.11. The van der Waals surface area contributed by atoms with Crippen molar-refractivity contribution in [1.29, 1.82) is 0 Å². The maximum absolute atomic E-state index is 5.44. The van der Waals surface area contributed by atoms with Gasteiger partial charge in [-0.2, -0.15) is 0 Å². The van der Waals surface area contributed by atoms with Gasteiger partial charge < -0.3 is 16.9 Å². The van der Waals surface area contributed by atoms with Crippen LogP contribution >= 0.6 is 0 Å². The summed E-state index contributed by atoms with van der Waals surface area (Å²) in [6.07, 6.45) is 9.31. The molecule has 4 nitrogen and oxygen atoms in total. The highest BCUT2D eigenvalue weighted by atomic mass is 15.5. The van der Waals surface area contributed by atoms with Crippen molar-refractivity contribution < 1.29 is 0 Å². The maximum atomic E-state index is 5.44. The molecule has 0 fully saturated rings. The Hall–Kier alpha value is -1.00. The standard InChI is InChI=1S/C10H20N4/c11-5-1-3-10-4-8-14(13-9-10)7-2-6-12/h4,8-9,13H,1-3,5-7,11-12H2. The third kappa shape index (κ3) is 3.81. The molecule has 0 aromatic heterocycles. The average Bonchev–Trinajstić information content (AvgIpc) is 2.25. The van der Waals surface area contributed by atoms with Gasteiger partial charge in [0.1, 0.15) is 0 Å². The lowest BCUT2D eigenvalue weighted by Crippen LogP contribution is -2.33. The van der Waals surface area contributed by atoms with Crippen LogP contribution in [0, 0.1) is 0 Å². The van der Waals surface area contributed by atoms with Gasteiger partial charge in [0.2, 0.25) is 0 Å². The Labute approximate surface area is 85.6 Å². The van der Waals surface area contributed by atoms with Crippen molar-refractivity contribution in [3.8, 4) is 0 Å². The van der Waals surface area contributed by atoms with E-state index in [1.54, 1.807) is 0 Å². The second kappa shape index (κ2) is 6.45. The first-order valence-corrected chi connectivity index (χ1v) is 5.17. The van der Waals surface area contributed by atoms with E-state index in [2.05, 4.69) is 17.7 Å². The number of hydrogen-bond acceptors (Lipinski definition) is 4. The van der Waals surface area contributed by atoms with E-state index in [-0.39, 0.29) is 0 Å². The number of rotatable bonds is 6. The van der Waals surface area contributed by atoms with Gasteiger partial charge in [-0.05, 0) is 44.0 Å². The van der Waals surface area contributed by atoms with Crippen LogP contribution in [0.25, 0.3) is 0 Å². The van der Waals surface area contributed by atoms with Gasteiger partial charge >= 0.3 is 0 Å². The zero-order chi connectivity index (χ0) is 10.2. The molecule has 5 N–H and O–H groups in total. The summed E-state index contributed by atoms with van der Waals surface area (Å²) in [5, 5.41) is 2.04. The Balaban J connectivity index is 2.22. The van der Waals surface area contributed by atoms with Crippen LogP contribution in [0.3, 0.4) is 0 Å². The minimum absolute atomic E-state index is 0.732. The van der Waals surface area contributed by atoms with E-state index in [1.165, 1.54) is 5.57 Å². The minimum Gasteiger partial charge on any atom is -0.330 e. The second-order valence-electron chi connectivity index (χ2n) is 3.39. The van der Waals surface area contributed by atoms with Gasteiger partial charge in [0, 0.05) is 18.9 Å². The van der Waals surface area contributed by atoms with E-state index < -0.39 is 0 Å². The molecule has 4 heteroatoms. The highest BCUT2D eigenvalue weighted by Crippen LogP contribution is 2.09. The topological polar surface area (TPSA) is 67.3 Å². The molecule has 0 aromatic carbocycles. The summed E-state index contributed by atoms with van der Waals surface area (Å²) >= 11 is 0. The molecule has 0 amide bonds. The average molecular weight is 196 g/mol. The van der Waals surface area contributed by atoms with Crippen molar-refractivity contribution in [2.24, 2.45) is 11.5 Å². The molecule has 0 radical (unpaired) electrons. The summed E-state index contributed by atoms with van der Waals surface area (Å²) in [4.78, 5) is 0. The molecule has 1 aliphatic rings. The SMILES string of the molecule is NCCCC1=CNN(CCCN)C=C1.